The van der Waals surface area contributed by atoms with E-state index in [1.54, 1.807) is 19.2 Å². The maximum atomic E-state index is 13.4. The monoisotopic (exact) mass is 229 g/mol. The van der Waals surface area contributed by atoms with Crippen molar-refractivity contribution in [3.05, 3.63) is 29.6 Å². The molecule has 90 valence electrons. The average molecular weight is 229 g/mol. The van der Waals surface area contributed by atoms with Gasteiger partial charge in [0.1, 0.15) is 12.7 Å². The predicted octanol–water partition coefficient (Wildman–Crippen LogP) is 0.277. The van der Waals surface area contributed by atoms with E-state index in [1.807, 2.05) is 0 Å². The Kier molecular flexibility index (Phi) is 5.18. The minimum Gasteiger partial charge on any atom is -0.487 e. The van der Waals surface area contributed by atoms with Crippen molar-refractivity contribution in [1.29, 1.82) is 0 Å². The lowest BCUT2D eigenvalue weighted by Gasteiger charge is -2.14. The average Bonchev–Trinajstić information content (AvgIpc) is 2.28. The van der Waals surface area contributed by atoms with Crippen LogP contribution in [0.5, 0.6) is 5.75 Å². The zero-order valence-electron chi connectivity index (χ0n) is 9.11. The van der Waals surface area contributed by atoms with Crippen molar-refractivity contribution >= 4 is 0 Å². The number of nitrogens with one attached hydrogen (secondary N) is 1. The maximum absolute atomic E-state index is 13.4. The van der Waals surface area contributed by atoms with E-state index in [2.05, 4.69) is 5.32 Å². The number of hydrogen-bond acceptors (Lipinski definition) is 4. The van der Waals surface area contributed by atoms with E-state index >= 15 is 0 Å². The number of rotatable bonds is 6. The van der Waals surface area contributed by atoms with Gasteiger partial charge in [-0.15, -0.1) is 0 Å². The van der Waals surface area contributed by atoms with Crippen LogP contribution in [-0.4, -0.2) is 36.6 Å². The molecule has 0 aliphatic rings. The number of aliphatic hydroxyl groups excluding tert-OH is 2. The lowest BCUT2D eigenvalue weighted by Crippen LogP contribution is -2.22. The first-order chi connectivity index (χ1) is 7.69. The van der Waals surface area contributed by atoms with Crippen LogP contribution in [-0.2, 0) is 6.54 Å². The van der Waals surface area contributed by atoms with Gasteiger partial charge in [-0.1, -0.05) is 12.1 Å². The molecule has 0 aliphatic carbocycles. The van der Waals surface area contributed by atoms with Gasteiger partial charge in [0.05, 0.1) is 6.61 Å². The minimum absolute atomic E-state index is 0.115. The van der Waals surface area contributed by atoms with Crippen molar-refractivity contribution in [2.45, 2.75) is 12.6 Å². The molecule has 0 aliphatic heterocycles. The number of hydrogen-bond donors (Lipinski definition) is 3. The van der Waals surface area contributed by atoms with Crippen molar-refractivity contribution < 1.29 is 19.3 Å². The molecule has 3 N–H and O–H groups in total. The van der Waals surface area contributed by atoms with Gasteiger partial charge >= 0.3 is 0 Å². The van der Waals surface area contributed by atoms with E-state index in [9.17, 15) is 4.39 Å². The van der Waals surface area contributed by atoms with Crippen LogP contribution >= 0.6 is 0 Å². The molecule has 0 spiro atoms. The quantitative estimate of drug-likeness (QED) is 0.655. The first-order valence-electron chi connectivity index (χ1n) is 5.02. The molecule has 0 aromatic heterocycles. The van der Waals surface area contributed by atoms with Crippen LogP contribution in [0.4, 0.5) is 4.39 Å². The van der Waals surface area contributed by atoms with Gasteiger partial charge in [0.15, 0.2) is 11.6 Å². The third-order valence-corrected chi connectivity index (χ3v) is 2.05. The molecule has 1 aromatic rings. The van der Waals surface area contributed by atoms with Crippen LogP contribution in [0, 0.1) is 5.82 Å². The maximum Gasteiger partial charge on any atom is 0.165 e. The Labute approximate surface area is 93.7 Å². The lowest BCUT2D eigenvalue weighted by molar-refractivity contribution is 0.0520. The highest BCUT2D eigenvalue weighted by Gasteiger charge is 2.11. The summed E-state index contributed by atoms with van der Waals surface area (Å²) in [5.41, 5.74) is 0.674. The molecule has 0 amide bonds. The normalized spacial score (nSPS) is 12.5. The predicted molar refractivity (Wildman–Crippen MR) is 57.8 cm³/mol. The van der Waals surface area contributed by atoms with Gasteiger partial charge < -0.3 is 20.3 Å². The summed E-state index contributed by atoms with van der Waals surface area (Å²) in [6.07, 6.45) is -0.998. The molecule has 1 atom stereocenters. The Hall–Kier alpha value is -1.17. The number of halogens is 1. The Morgan fingerprint density at radius 3 is 2.88 bits per heavy atom. The number of ether oxygens (including phenoxy) is 1. The van der Waals surface area contributed by atoms with Crippen LogP contribution in [0.2, 0.25) is 0 Å². The smallest absolute Gasteiger partial charge is 0.165 e. The van der Waals surface area contributed by atoms with Crippen LogP contribution in [0.1, 0.15) is 5.56 Å². The summed E-state index contributed by atoms with van der Waals surface area (Å²) < 4.78 is 18.6. The standard InChI is InChI=1S/C11H16FNO3/c1-13-5-8-3-2-4-10(12)11(8)16-7-9(15)6-14/h2-4,9,13-15H,5-7H2,1H3. The molecule has 0 fully saturated rings. The van der Waals surface area contributed by atoms with E-state index in [1.165, 1.54) is 6.07 Å². The number of benzene rings is 1. The molecule has 0 saturated carbocycles. The third-order valence-electron chi connectivity index (χ3n) is 2.05. The highest BCUT2D eigenvalue weighted by atomic mass is 19.1. The van der Waals surface area contributed by atoms with Crippen molar-refractivity contribution in [2.24, 2.45) is 0 Å². The van der Waals surface area contributed by atoms with Crippen molar-refractivity contribution in [3.63, 3.8) is 0 Å². The molecule has 5 heteroatoms. The molecule has 0 saturated heterocycles. The van der Waals surface area contributed by atoms with Gasteiger partial charge in [-0.2, -0.15) is 0 Å². The summed E-state index contributed by atoms with van der Waals surface area (Å²) in [6, 6.07) is 4.62. The van der Waals surface area contributed by atoms with E-state index in [4.69, 9.17) is 14.9 Å². The summed E-state index contributed by atoms with van der Waals surface area (Å²) in [5, 5.41) is 20.6. The molecule has 1 rings (SSSR count). The largest absolute Gasteiger partial charge is 0.487 e. The second-order valence-corrected chi connectivity index (χ2v) is 3.41. The minimum atomic E-state index is -0.998. The molecule has 1 unspecified atom stereocenters. The summed E-state index contributed by atoms with van der Waals surface area (Å²) >= 11 is 0. The van der Waals surface area contributed by atoms with Gasteiger partial charge in [0.2, 0.25) is 0 Å². The molecule has 0 radical (unpaired) electrons. The first kappa shape index (κ1) is 12.9. The Balaban J connectivity index is 2.75. The fraction of sp³-hybridized carbons (Fsp3) is 0.455. The second-order valence-electron chi connectivity index (χ2n) is 3.41. The van der Waals surface area contributed by atoms with Gasteiger partial charge in [-0.3, -0.25) is 0 Å². The third kappa shape index (κ3) is 3.44. The van der Waals surface area contributed by atoms with E-state index in [0.29, 0.717) is 12.1 Å². The Bertz CT molecular complexity index is 333. The molecule has 16 heavy (non-hydrogen) atoms. The van der Waals surface area contributed by atoms with Crippen LogP contribution in [0.3, 0.4) is 0 Å². The van der Waals surface area contributed by atoms with Crippen molar-refractivity contribution in [3.8, 4) is 5.75 Å². The topological polar surface area (TPSA) is 61.7 Å². The molecular formula is C11H16FNO3. The molecule has 0 bridgehead atoms. The van der Waals surface area contributed by atoms with Crippen molar-refractivity contribution in [2.75, 3.05) is 20.3 Å². The van der Waals surface area contributed by atoms with E-state index < -0.39 is 18.5 Å². The lowest BCUT2D eigenvalue weighted by atomic mass is 10.2. The van der Waals surface area contributed by atoms with E-state index in [-0.39, 0.29) is 12.4 Å². The molecule has 4 nitrogen and oxygen atoms in total. The second kappa shape index (κ2) is 6.42. The molecule has 0 heterocycles. The fourth-order valence-corrected chi connectivity index (χ4v) is 1.28. The van der Waals surface area contributed by atoms with Gasteiger partial charge in [-0.05, 0) is 13.1 Å². The molecule has 1 aromatic carbocycles. The zero-order chi connectivity index (χ0) is 12.0. The highest BCUT2D eigenvalue weighted by molar-refractivity contribution is 5.34. The van der Waals surface area contributed by atoms with Gasteiger partial charge in [0.25, 0.3) is 0 Å². The van der Waals surface area contributed by atoms with E-state index in [0.717, 1.165) is 0 Å². The highest BCUT2D eigenvalue weighted by Crippen LogP contribution is 2.22. The summed E-state index contributed by atoms with van der Waals surface area (Å²) in [4.78, 5) is 0. The molecular weight excluding hydrogens is 213 g/mol. The first-order valence-corrected chi connectivity index (χ1v) is 5.02. The van der Waals surface area contributed by atoms with Crippen LogP contribution in [0.25, 0.3) is 0 Å². The Morgan fingerprint density at radius 1 is 1.50 bits per heavy atom. The number of aliphatic hydroxyl groups is 2. The summed E-state index contributed by atoms with van der Waals surface area (Å²) in [5.74, 6) is -0.359. The summed E-state index contributed by atoms with van der Waals surface area (Å²) in [6.45, 7) is -0.0632. The SMILES string of the molecule is CNCc1cccc(F)c1OCC(O)CO. The Morgan fingerprint density at radius 2 is 2.25 bits per heavy atom. The summed E-state index contributed by atoms with van der Waals surface area (Å²) in [7, 11) is 1.75. The fourth-order valence-electron chi connectivity index (χ4n) is 1.28. The zero-order valence-corrected chi connectivity index (χ0v) is 9.11. The van der Waals surface area contributed by atoms with Crippen LogP contribution < -0.4 is 10.1 Å². The van der Waals surface area contributed by atoms with Crippen LogP contribution in [0.15, 0.2) is 18.2 Å². The number of para-hydroxylation sites is 1. The van der Waals surface area contributed by atoms with Gasteiger partial charge in [-0.25, -0.2) is 4.39 Å². The van der Waals surface area contributed by atoms with Gasteiger partial charge in [0, 0.05) is 12.1 Å². The van der Waals surface area contributed by atoms with Crippen molar-refractivity contribution in [1.82, 2.24) is 5.32 Å².